The summed E-state index contributed by atoms with van der Waals surface area (Å²) in [4.78, 5) is 10.7. The van der Waals surface area contributed by atoms with Crippen LogP contribution in [0.3, 0.4) is 0 Å². The van der Waals surface area contributed by atoms with E-state index in [9.17, 15) is 22.0 Å². The summed E-state index contributed by atoms with van der Waals surface area (Å²) in [5.41, 5.74) is -1.43. The molecule has 25 heavy (non-hydrogen) atoms. The molecule has 136 valence electrons. The van der Waals surface area contributed by atoms with Crippen molar-refractivity contribution in [2.75, 3.05) is 18.5 Å². The summed E-state index contributed by atoms with van der Waals surface area (Å²) in [6.07, 6.45) is -5.21. The van der Waals surface area contributed by atoms with Crippen molar-refractivity contribution in [2.45, 2.75) is 19.0 Å². The number of anilines is 1. The molecular weight excluding hydrogens is 371 g/mol. The number of hydrogen-bond acceptors (Lipinski definition) is 5. The van der Waals surface area contributed by atoms with Crippen molar-refractivity contribution in [3.63, 3.8) is 0 Å². The van der Waals surface area contributed by atoms with Gasteiger partial charge in [0.1, 0.15) is 22.9 Å². The quantitative estimate of drug-likeness (QED) is 0.569. The molecule has 0 spiro atoms. The fourth-order valence-electron chi connectivity index (χ4n) is 1.75. The molecule has 0 saturated heterocycles. The Hall–Kier alpha value is -2.23. The van der Waals surface area contributed by atoms with Crippen molar-refractivity contribution in [1.82, 2.24) is 15.0 Å². The largest absolute Gasteiger partial charge is 0.478 e. The van der Waals surface area contributed by atoms with E-state index in [-0.39, 0.29) is 23.3 Å². The lowest BCUT2D eigenvalue weighted by Gasteiger charge is -2.10. The van der Waals surface area contributed by atoms with Crippen LogP contribution in [0.25, 0.3) is 0 Å². The molecule has 0 bridgehead atoms. The first-order valence-corrected chi connectivity index (χ1v) is 7.35. The number of halogens is 6. The standard InChI is InChI=1S/C14H12ClF5N4O/c15-10-11(12(16)17)23-7-24-13(10)21-4-1-5-25-9-3-2-8(6-22-9)14(18,19)20/h2-3,6-7,12H,1,4-5H2,(H,21,23,24). The molecule has 0 unspecified atom stereocenters. The minimum Gasteiger partial charge on any atom is -0.478 e. The van der Waals surface area contributed by atoms with Crippen LogP contribution in [0.1, 0.15) is 24.1 Å². The first-order chi connectivity index (χ1) is 11.8. The third-order valence-corrected chi connectivity index (χ3v) is 3.32. The number of nitrogens with one attached hydrogen (secondary N) is 1. The number of hydrogen-bond donors (Lipinski definition) is 1. The summed E-state index contributed by atoms with van der Waals surface area (Å²) in [5.74, 6) is 0.118. The molecule has 11 heteroatoms. The van der Waals surface area contributed by atoms with E-state index in [2.05, 4.69) is 20.3 Å². The second kappa shape index (κ2) is 8.24. The molecule has 2 rings (SSSR count). The second-order valence-corrected chi connectivity index (χ2v) is 5.11. The highest BCUT2D eigenvalue weighted by Gasteiger charge is 2.30. The maximum Gasteiger partial charge on any atom is 0.417 e. The van der Waals surface area contributed by atoms with Crippen LogP contribution >= 0.6 is 11.6 Å². The lowest BCUT2D eigenvalue weighted by Crippen LogP contribution is -2.10. The highest BCUT2D eigenvalue weighted by Crippen LogP contribution is 2.30. The van der Waals surface area contributed by atoms with Crippen LogP contribution in [-0.2, 0) is 6.18 Å². The summed E-state index contributed by atoms with van der Waals surface area (Å²) in [5, 5.41) is 2.50. The molecule has 5 nitrogen and oxygen atoms in total. The zero-order chi connectivity index (χ0) is 18.4. The molecule has 0 aromatic carbocycles. The highest BCUT2D eigenvalue weighted by molar-refractivity contribution is 6.33. The Morgan fingerprint density at radius 1 is 1.16 bits per heavy atom. The van der Waals surface area contributed by atoms with Gasteiger partial charge in [0, 0.05) is 18.8 Å². The van der Waals surface area contributed by atoms with Crippen LogP contribution in [0.5, 0.6) is 5.88 Å². The number of nitrogens with zero attached hydrogens (tertiary/aromatic N) is 3. The SMILES string of the molecule is FC(F)c1ncnc(NCCCOc2ccc(C(F)(F)F)cn2)c1Cl. The zero-order valence-electron chi connectivity index (χ0n) is 12.5. The zero-order valence-corrected chi connectivity index (χ0v) is 13.3. The van der Waals surface area contributed by atoms with Gasteiger partial charge in [-0.25, -0.2) is 23.7 Å². The monoisotopic (exact) mass is 382 g/mol. The van der Waals surface area contributed by atoms with Crippen molar-refractivity contribution < 1.29 is 26.7 Å². The van der Waals surface area contributed by atoms with E-state index < -0.39 is 23.9 Å². The fourth-order valence-corrected chi connectivity index (χ4v) is 1.99. The van der Waals surface area contributed by atoms with Crippen molar-refractivity contribution in [3.05, 3.63) is 40.9 Å². The Morgan fingerprint density at radius 2 is 1.92 bits per heavy atom. The molecule has 2 aromatic rings. The molecule has 0 amide bonds. The molecule has 1 N–H and O–H groups in total. The van der Waals surface area contributed by atoms with E-state index in [1.165, 1.54) is 0 Å². The van der Waals surface area contributed by atoms with Gasteiger partial charge in [0.25, 0.3) is 6.43 Å². The molecule has 0 atom stereocenters. The van der Waals surface area contributed by atoms with Crippen LogP contribution in [-0.4, -0.2) is 28.1 Å². The Bertz CT molecular complexity index is 697. The minimum atomic E-state index is -4.46. The topological polar surface area (TPSA) is 59.9 Å². The molecule has 0 radical (unpaired) electrons. The van der Waals surface area contributed by atoms with E-state index in [0.717, 1.165) is 18.5 Å². The van der Waals surface area contributed by atoms with E-state index in [1.807, 2.05) is 0 Å². The van der Waals surface area contributed by atoms with Crippen LogP contribution < -0.4 is 10.1 Å². The molecule has 0 saturated carbocycles. The number of pyridine rings is 1. The molecule has 0 aliphatic rings. The average molecular weight is 383 g/mol. The van der Waals surface area contributed by atoms with Gasteiger partial charge in [-0.05, 0) is 12.5 Å². The number of ether oxygens (including phenoxy) is 1. The Labute approximate surface area is 144 Å². The predicted molar refractivity (Wildman–Crippen MR) is 79.8 cm³/mol. The van der Waals surface area contributed by atoms with Gasteiger partial charge in [-0.15, -0.1) is 0 Å². The smallest absolute Gasteiger partial charge is 0.417 e. The van der Waals surface area contributed by atoms with E-state index in [1.54, 1.807) is 0 Å². The van der Waals surface area contributed by atoms with E-state index >= 15 is 0 Å². The fraction of sp³-hybridized carbons (Fsp3) is 0.357. The van der Waals surface area contributed by atoms with Gasteiger partial charge in [-0.2, -0.15) is 13.2 Å². The van der Waals surface area contributed by atoms with Gasteiger partial charge < -0.3 is 10.1 Å². The summed E-state index contributed by atoms with van der Waals surface area (Å²) in [6, 6.07) is 1.99. The molecule has 0 aliphatic heterocycles. The summed E-state index contributed by atoms with van der Waals surface area (Å²) in [6.45, 7) is 0.440. The maximum atomic E-state index is 12.6. The van der Waals surface area contributed by atoms with Crippen molar-refractivity contribution in [3.8, 4) is 5.88 Å². The van der Waals surface area contributed by atoms with Gasteiger partial charge in [0.05, 0.1) is 12.2 Å². The Morgan fingerprint density at radius 3 is 2.52 bits per heavy atom. The highest BCUT2D eigenvalue weighted by atomic mass is 35.5. The first-order valence-electron chi connectivity index (χ1n) is 6.97. The molecule has 0 fully saturated rings. The van der Waals surface area contributed by atoms with E-state index in [4.69, 9.17) is 16.3 Å². The Kier molecular flexibility index (Phi) is 6.29. The predicted octanol–water partition coefficient (Wildman–Crippen LogP) is 4.36. The van der Waals surface area contributed by atoms with Gasteiger partial charge >= 0.3 is 6.18 Å². The Balaban J connectivity index is 1.78. The van der Waals surface area contributed by atoms with Crippen molar-refractivity contribution >= 4 is 17.4 Å². The molecule has 2 heterocycles. The molecular formula is C14H12ClF5N4O. The van der Waals surface area contributed by atoms with Crippen LogP contribution in [0, 0.1) is 0 Å². The van der Waals surface area contributed by atoms with Crippen molar-refractivity contribution in [1.29, 1.82) is 0 Å². The van der Waals surface area contributed by atoms with Crippen LogP contribution in [0.2, 0.25) is 5.02 Å². The third kappa shape index (κ3) is 5.38. The number of aromatic nitrogens is 3. The number of rotatable bonds is 7. The van der Waals surface area contributed by atoms with Crippen LogP contribution in [0.4, 0.5) is 27.8 Å². The van der Waals surface area contributed by atoms with Crippen molar-refractivity contribution in [2.24, 2.45) is 0 Å². The van der Waals surface area contributed by atoms with Gasteiger partial charge in [0.15, 0.2) is 0 Å². The third-order valence-electron chi connectivity index (χ3n) is 2.95. The summed E-state index contributed by atoms with van der Waals surface area (Å²) >= 11 is 5.76. The maximum absolute atomic E-state index is 12.6. The van der Waals surface area contributed by atoms with Gasteiger partial charge in [-0.3, -0.25) is 0 Å². The lowest BCUT2D eigenvalue weighted by atomic mass is 10.3. The lowest BCUT2D eigenvalue weighted by molar-refractivity contribution is -0.137. The second-order valence-electron chi connectivity index (χ2n) is 4.73. The minimum absolute atomic E-state index is 0.0491. The molecule has 0 aliphatic carbocycles. The summed E-state index contributed by atoms with van der Waals surface area (Å²) in [7, 11) is 0. The molecule has 2 aromatic heterocycles. The van der Waals surface area contributed by atoms with E-state index in [0.29, 0.717) is 19.2 Å². The summed E-state index contributed by atoms with van der Waals surface area (Å²) < 4.78 is 67.6. The normalized spacial score (nSPS) is 11.6. The van der Waals surface area contributed by atoms with Crippen LogP contribution in [0.15, 0.2) is 24.7 Å². The first kappa shape index (κ1) is 19.1. The van der Waals surface area contributed by atoms with Gasteiger partial charge in [-0.1, -0.05) is 11.6 Å². The average Bonchev–Trinajstić information content (AvgIpc) is 2.55. The number of alkyl halides is 5. The van der Waals surface area contributed by atoms with Gasteiger partial charge in [0.2, 0.25) is 5.88 Å².